The van der Waals surface area contributed by atoms with Crippen LogP contribution in [0, 0.1) is 0 Å². The summed E-state index contributed by atoms with van der Waals surface area (Å²) < 4.78 is 7.07. The van der Waals surface area contributed by atoms with Crippen molar-refractivity contribution in [1.29, 1.82) is 0 Å². The fourth-order valence-corrected chi connectivity index (χ4v) is 14.7. The number of halogens is 2. The van der Waals surface area contributed by atoms with Crippen LogP contribution in [0.3, 0.4) is 0 Å². The third-order valence-corrected chi connectivity index (χ3v) is 19.2. The van der Waals surface area contributed by atoms with Crippen molar-refractivity contribution in [3.8, 4) is 21.1 Å². The molecular weight excluding hydrogens is 1330 g/mol. The highest BCUT2D eigenvalue weighted by Crippen LogP contribution is 2.44. The molecule has 2 aromatic carbocycles. The number of anilines is 5. The average Bonchev–Trinajstić information content (AvgIpc) is 0.784. The van der Waals surface area contributed by atoms with Crippen LogP contribution in [-0.2, 0) is 12.8 Å². The molecule has 2 aliphatic carbocycles. The summed E-state index contributed by atoms with van der Waals surface area (Å²) in [7, 11) is 30.3. The maximum atomic E-state index is 5.33. The van der Waals surface area contributed by atoms with Gasteiger partial charge in [0.2, 0.25) is 10.7 Å². The van der Waals surface area contributed by atoms with E-state index in [1.54, 1.807) is 0 Å². The van der Waals surface area contributed by atoms with Crippen molar-refractivity contribution < 1.29 is 0 Å². The van der Waals surface area contributed by atoms with Crippen molar-refractivity contribution in [2.75, 3.05) is 123 Å². The summed E-state index contributed by atoms with van der Waals surface area (Å²) in [5, 5.41) is 2.63. The summed E-state index contributed by atoms with van der Waals surface area (Å²) in [6.45, 7) is 4.60. The summed E-state index contributed by atoms with van der Waals surface area (Å²) in [5.41, 5.74) is 13.6. The molecule has 2 aromatic rings. The first-order chi connectivity index (χ1) is 40.0. The molecule has 13 heteroatoms. The summed E-state index contributed by atoms with van der Waals surface area (Å²) >= 11 is 3.74. The van der Waals surface area contributed by atoms with Crippen LogP contribution in [0.25, 0.3) is 41.6 Å². The molecule has 0 aromatic heterocycles. The molecule has 4 aliphatic rings. The van der Waals surface area contributed by atoms with E-state index in [1.165, 1.54) is 262 Å². The van der Waals surface area contributed by atoms with E-state index in [-0.39, 0.29) is 62.8 Å². The van der Waals surface area contributed by atoms with E-state index in [4.69, 9.17) is 9.97 Å². The smallest absolute Gasteiger partial charge is 0.232 e. The van der Waals surface area contributed by atoms with Crippen LogP contribution in [0.5, 0.6) is 0 Å². The van der Waals surface area contributed by atoms with Crippen molar-refractivity contribution in [2.24, 2.45) is 0 Å². The van der Waals surface area contributed by atoms with Crippen LogP contribution in [0.15, 0.2) is 42.5 Å². The molecule has 2 aliphatic heterocycles. The highest BCUT2D eigenvalue weighted by molar-refractivity contribution is 14.0. The monoisotopic (exact) mass is 1460 g/mol. The van der Waals surface area contributed by atoms with Gasteiger partial charge in [-0.1, -0.05) is 208 Å². The van der Waals surface area contributed by atoms with Gasteiger partial charge >= 0.3 is 0 Å². The SMILES string of the molecule is C.C.CCCCCCCCCCCCCCCCCc1c(N(C)C)c(N(C)C)c2sc3cc(N(C)C)ccc3nc-2c1=[N+](C)C.CCCCCCCCCCCCCCCCCc1cc2nc3ccc(N(C)C)cc3sc-2c(N(C)C)c1=[N+](C)C.I.I. The molecule has 0 bridgehead atoms. The number of rotatable bonds is 37. The summed E-state index contributed by atoms with van der Waals surface area (Å²) in [5.74, 6) is 0. The Bertz CT molecular complexity index is 2910. The second-order valence-corrected chi connectivity index (χ2v) is 27.8. The number of hydrogen-bond acceptors (Lipinski definition) is 9. The van der Waals surface area contributed by atoms with Gasteiger partial charge in [0, 0.05) is 87.4 Å². The van der Waals surface area contributed by atoms with Crippen LogP contribution in [0.2, 0.25) is 0 Å². The van der Waals surface area contributed by atoms with Gasteiger partial charge in [-0.2, -0.15) is 0 Å². The van der Waals surface area contributed by atoms with Gasteiger partial charge in [0.25, 0.3) is 0 Å². The average molecular weight is 1460 g/mol. The van der Waals surface area contributed by atoms with Crippen molar-refractivity contribution in [3.05, 3.63) is 64.3 Å². The lowest BCUT2D eigenvalue weighted by Gasteiger charge is -2.28. The number of fused-ring (bicyclic) bond motifs is 4. The van der Waals surface area contributed by atoms with E-state index in [0.29, 0.717) is 0 Å². The quantitative estimate of drug-likeness (QED) is 0.0167. The normalized spacial score (nSPS) is 10.9. The number of hydrogen-bond donors (Lipinski definition) is 0. The van der Waals surface area contributed by atoms with Crippen molar-refractivity contribution in [3.63, 3.8) is 0 Å². The Hall–Kier alpha value is -3.02. The topological polar surface area (TPSA) is 48.0 Å². The zero-order valence-corrected chi connectivity index (χ0v) is 63.1. The van der Waals surface area contributed by atoms with Crippen molar-refractivity contribution in [2.45, 2.75) is 234 Å². The predicted molar refractivity (Wildman–Crippen MR) is 420 cm³/mol. The van der Waals surface area contributed by atoms with Gasteiger partial charge < -0.3 is 24.5 Å². The summed E-state index contributed by atoms with van der Waals surface area (Å²) in [4.78, 5) is 24.3. The van der Waals surface area contributed by atoms with Gasteiger partial charge in [-0.25, -0.2) is 19.1 Å². The molecule has 494 valence electrons. The number of unbranched alkanes of at least 4 members (excludes halogenated alkanes) is 28. The number of aromatic nitrogens is 2. The fraction of sp³-hybridized carbons (Fsp3) is 0.676. The second-order valence-electron chi connectivity index (χ2n) is 25.7. The Morgan fingerprint density at radius 2 is 0.713 bits per heavy atom. The maximum Gasteiger partial charge on any atom is 0.232 e. The molecule has 9 nitrogen and oxygen atoms in total. The zero-order chi connectivity index (χ0) is 60.3. The van der Waals surface area contributed by atoms with Crippen LogP contribution in [0.4, 0.5) is 28.4 Å². The van der Waals surface area contributed by atoms with E-state index in [9.17, 15) is 0 Å². The van der Waals surface area contributed by atoms with Gasteiger partial charge in [-0.15, -0.1) is 70.6 Å². The Labute approximate surface area is 576 Å². The van der Waals surface area contributed by atoms with E-state index in [2.05, 4.69) is 189 Å². The summed E-state index contributed by atoms with van der Waals surface area (Å²) in [6.07, 6.45) is 44.2. The molecule has 6 rings (SSSR count). The maximum absolute atomic E-state index is 5.33. The van der Waals surface area contributed by atoms with E-state index >= 15 is 0 Å². The first-order valence-electron chi connectivity index (χ1n) is 33.2. The standard InChI is InChI=1S/C37H62N5S.C35H57N4S.2CH4.2HI/c1-10-11-12-13-14-15-16-17-18-19-20-21-22-23-24-25-30-34(40(4)5)33-37(36(42(8)9)35(30)41(6)7)43-32-28-29(39(2)3)26-27-31(32)38-33;1-8-9-10-11-12-13-14-15-16-17-18-19-20-21-22-23-28-26-31-35(34(39(6)7)33(28)38(4)5)40-32-27-29(37(2)3)24-25-30(32)36-31;;;;/h26-28H,10-25H2,1-9H3;24-27H,8-23H2,1-7H3;2*1H4;2*1H/q2*+1;;;;. The molecule has 0 fully saturated rings. The van der Waals surface area contributed by atoms with Crippen LogP contribution in [-0.4, -0.2) is 109 Å². The minimum atomic E-state index is 0. The molecule has 0 spiro atoms. The number of benzene rings is 4. The molecule has 0 saturated carbocycles. The largest absolute Gasteiger partial charge is 0.378 e. The van der Waals surface area contributed by atoms with Gasteiger partial charge in [-0.05, 0) is 68.1 Å². The lowest BCUT2D eigenvalue weighted by Crippen LogP contribution is -2.33. The van der Waals surface area contributed by atoms with Crippen molar-refractivity contribution in [1.82, 2.24) is 19.1 Å². The molecule has 0 radical (unpaired) electrons. The molecule has 0 atom stereocenters. The van der Waals surface area contributed by atoms with Crippen molar-refractivity contribution >= 4 is 119 Å². The van der Waals surface area contributed by atoms with E-state index in [1.807, 2.05) is 22.7 Å². The molecule has 2 heterocycles. The molecule has 0 amide bonds. The Morgan fingerprint density at radius 3 is 1.07 bits per heavy atom. The highest BCUT2D eigenvalue weighted by Gasteiger charge is 2.30. The minimum absolute atomic E-state index is 0. The molecule has 0 unspecified atom stereocenters. The molecule has 0 saturated heterocycles. The number of aryl methyl sites for hydroxylation is 1. The van der Waals surface area contributed by atoms with Gasteiger partial charge in [0.1, 0.15) is 33.9 Å². The molecule has 87 heavy (non-hydrogen) atoms. The Balaban J connectivity index is 0.000000834. The fourth-order valence-electron chi connectivity index (χ4n) is 12.2. The zero-order valence-electron chi connectivity index (χ0n) is 56.8. The second kappa shape index (κ2) is 44.5. The third kappa shape index (κ3) is 25.9. The number of nitrogens with zero attached hydrogens (tertiary/aromatic N) is 9. The minimum Gasteiger partial charge on any atom is -0.378 e. The Morgan fingerprint density at radius 1 is 0.368 bits per heavy atom. The van der Waals surface area contributed by atoms with Crippen LogP contribution >= 0.6 is 70.6 Å². The van der Waals surface area contributed by atoms with Gasteiger partial charge in [0.15, 0.2) is 5.69 Å². The van der Waals surface area contributed by atoms with Gasteiger partial charge in [0.05, 0.1) is 52.8 Å². The highest BCUT2D eigenvalue weighted by atomic mass is 127. The Kier molecular flexibility index (Phi) is 41.9. The predicted octanol–water partition coefficient (Wildman–Crippen LogP) is 20.5. The molecular formula is C74H129I2N9S2+2. The summed E-state index contributed by atoms with van der Waals surface area (Å²) in [6, 6.07) is 15.6. The lowest BCUT2D eigenvalue weighted by molar-refractivity contribution is 0.532. The first kappa shape index (κ1) is 82.0. The van der Waals surface area contributed by atoms with Gasteiger partial charge in [-0.3, -0.25) is 0 Å². The van der Waals surface area contributed by atoms with E-state index < -0.39 is 0 Å². The third-order valence-electron chi connectivity index (χ3n) is 16.9. The van der Waals surface area contributed by atoms with E-state index in [0.717, 1.165) is 35.3 Å². The lowest BCUT2D eigenvalue weighted by atomic mass is 9.97. The first-order valence-corrected chi connectivity index (χ1v) is 34.8. The van der Waals surface area contributed by atoms with Crippen LogP contribution < -0.4 is 44.4 Å². The molecule has 0 N–H and O–H groups in total. The van der Waals surface area contributed by atoms with Crippen LogP contribution in [0.1, 0.15) is 232 Å².